The molecule has 2 unspecified atom stereocenters. The van der Waals surface area contributed by atoms with Gasteiger partial charge in [0.2, 0.25) is 0 Å². The van der Waals surface area contributed by atoms with Crippen LogP contribution in [0.25, 0.3) is 11.2 Å². The van der Waals surface area contributed by atoms with Crippen LogP contribution in [0.4, 0.5) is 5.82 Å². The van der Waals surface area contributed by atoms with E-state index in [-0.39, 0.29) is 17.0 Å². The van der Waals surface area contributed by atoms with Gasteiger partial charge in [0.05, 0.1) is 25.8 Å². The molecule has 6 N–H and O–H groups in total. The maximum absolute atomic E-state index is 12.4. The molecule has 3 rings (SSSR count). The molecule has 0 radical (unpaired) electrons. The second-order valence-electron chi connectivity index (χ2n) is 6.80. The number of anilines is 1. The summed E-state index contributed by atoms with van der Waals surface area (Å²) in [7, 11) is -3.40. The van der Waals surface area contributed by atoms with Gasteiger partial charge in [-0.25, -0.2) is 19.5 Å². The lowest BCUT2D eigenvalue weighted by molar-refractivity contribution is -0.156. The number of aromatic nitrogens is 4. The highest BCUT2D eigenvalue weighted by Crippen LogP contribution is 2.43. The average Bonchev–Trinajstić information content (AvgIpc) is 3.35. The number of carbonyl (C=O) groups excluding carboxylic acids is 1. The Kier molecular flexibility index (Phi) is 7.97. The number of esters is 1. The van der Waals surface area contributed by atoms with Gasteiger partial charge in [-0.1, -0.05) is 0 Å². The number of rotatable bonds is 10. The molecule has 33 heavy (non-hydrogen) atoms. The number of aliphatic hydroxyl groups is 1. The number of imidazole rings is 1. The van der Waals surface area contributed by atoms with Crippen molar-refractivity contribution in [2.75, 3.05) is 26.1 Å². The molecular weight excluding hydrogens is 463 g/mol. The van der Waals surface area contributed by atoms with E-state index in [1.165, 1.54) is 29.6 Å². The number of aliphatic hydroxyl groups excluding tert-OH is 1. The van der Waals surface area contributed by atoms with Crippen molar-refractivity contribution in [2.45, 2.75) is 37.5 Å². The molecule has 1 saturated heterocycles. The van der Waals surface area contributed by atoms with Gasteiger partial charge in [-0.05, 0) is 13.0 Å². The highest BCUT2D eigenvalue weighted by Gasteiger charge is 2.49. The fourth-order valence-corrected chi connectivity index (χ4v) is 3.47. The van der Waals surface area contributed by atoms with E-state index < -0.39 is 51.0 Å². The summed E-state index contributed by atoms with van der Waals surface area (Å²) < 4.78 is 38.5. The normalized spacial score (nSPS) is 25.8. The Bertz CT molecular complexity index is 1050. The summed E-state index contributed by atoms with van der Waals surface area (Å²) in [5.41, 5.74) is 12.1. The predicted molar refractivity (Wildman–Crippen MR) is 111 cm³/mol. The van der Waals surface area contributed by atoms with Gasteiger partial charge in [0, 0.05) is 7.11 Å². The van der Waals surface area contributed by atoms with Crippen molar-refractivity contribution >= 4 is 30.8 Å². The van der Waals surface area contributed by atoms with Crippen molar-refractivity contribution in [3.05, 3.63) is 25.0 Å². The molecule has 0 bridgehead atoms. The van der Waals surface area contributed by atoms with Gasteiger partial charge >= 0.3 is 13.8 Å². The number of carbonyl (C=O) groups is 1. The summed E-state index contributed by atoms with van der Waals surface area (Å²) in [6.07, 6.45) is -0.0849. The summed E-state index contributed by atoms with van der Waals surface area (Å²) in [4.78, 5) is 34.0. The fraction of sp³-hybridized carbons (Fsp3) is 0.529. The Hall–Kier alpha value is -2.65. The fourth-order valence-electron chi connectivity index (χ4n) is 3.03. The van der Waals surface area contributed by atoms with Gasteiger partial charge in [0.15, 0.2) is 23.8 Å². The molecule has 0 saturated carbocycles. The number of nitrogens with zero attached hydrogens (tertiary/aromatic N) is 4. The minimum atomic E-state index is -4.38. The van der Waals surface area contributed by atoms with E-state index in [9.17, 15) is 19.4 Å². The van der Waals surface area contributed by atoms with Crippen molar-refractivity contribution in [2.24, 2.45) is 5.73 Å². The Labute approximate surface area is 187 Å². The summed E-state index contributed by atoms with van der Waals surface area (Å²) in [5.74, 6) is -0.785. The van der Waals surface area contributed by atoms with Crippen LogP contribution in [-0.2, 0) is 32.6 Å². The van der Waals surface area contributed by atoms with Crippen LogP contribution >= 0.6 is 7.82 Å². The van der Waals surface area contributed by atoms with Crippen molar-refractivity contribution in [3.8, 4) is 0 Å². The summed E-state index contributed by atoms with van der Waals surface area (Å²) in [6, 6.07) is -1.20. The lowest BCUT2D eigenvalue weighted by Crippen LogP contribution is -2.42. The van der Waals surface area contributed by atoms with Crippen LogP contribution in [0.1, 0.15) is 13.2 Å². The number of hydrogen-bond donors (Lipinski definition) is 4. The zero-order chi connectivity index (χ0) is 24.2. The SMILES string of the molecule is CCO/C=C/[C@H](N)C(=O)O[C@@H]1C(O)[C@H](n2cnc3c(N)ncnc32)O[C@@H]1COP(=O)(O)OC. The number of hydrogen-bond acceptors (Lipinski definition) is 13. The first-order valence-corrected chi connectivity index (χ1v) is 11.2. The van der Waals surface area contributed by atoms with Crippen LogP contribution < -0.4 is 11.5 Å². The van der Waals surface area contributed by atoms with Crippen molar-refractivity contribution in [3.63, 3.8) is 0 Å². The van der Waals surface area contributed by atoms with Gasteiger partial charge in [-0.15, -0.1) is 0 Å². The lowest BCUT2D eigenvalue weighted by Gasteiger charge is -2.22. The van der Waals surface area contributed by atoms with E-state index >= 15 is 0 Å². The average molecular weight is 488 g/mol. The third-order valence-electron chi connectivity index (χ3n) is 4.68. The molecule has 2 aromatic rings. The molecule has 182 valence electrons. The molecule has 2 aromatic heterocycles. The molecule has 3 heterocycles. The quantitative estimate of drug-likeness (QED) is 0.183. The van der Waals surface area contributed by atoms with Gasteiger partial charge in [0.25, 0.3) is 0 Å². The number of phosphoric acid groups is 1. The molecule has 16 heteroatoms. The van der Waals surface area contributed by atoms with Crippen LogP contribution in [0.3, 0.4) is 0 Å². The van der Waals surface area contributed by atoms with Gasteiger partial charge < -0.3 is 35.7 Å². The Morgan fingerprint density at radius 1 is 1.42 bits per heavy atom. The maximum atomic E-state index is 12.4. The van der Waals surface area contributed by atoms with E-state index in [4.69, 9.17) is 30.2 Å². The molecule has 1 aliphatic rings. The third kappa shape index (κ3) is 5.65. The Balaban J connectivity index is 1.85. The monoisotopic (exact) mass is 488 g/mol. The van der Waals surface area contributed by atoms with Crippen LogP contribution in [0, 0.1) is 0 Å². The summed E-state index contributed by atoms with van der Waals surface area (Å²) >= 11 is 0. The molecule has 1 aliphatic heterocycles. The number of phosphoric ester groups is 1. The second kappa shape index (κ2) is 10.5. The van der Waals surface area contributed by atoms with Crippen molar-refractivity contribution in [1.82, 2.24) is 19.5 Å². The number of nitrogens with two attached hydrogens (primary N) is 2. The van der Waals surface area contributed by atoms with E-state index in [1.807, 2.05) is 0 Å². The number of nitrogen functional groups attached to an aromatic ring is 1. The second-order valence-corrected chi connectivity index (χ2v) is 8.36. The smallest absolute Gasteiger partial charge is 0.472 e. The zero-order valence-electron chi connectivity index (χ0n) is 17.8. The molecule has 0 amide bonds. The molecule has 0 spiro atoms. The van der Waals surface area contributed by atoms with Gasteiger partial charge in [-0.2, -0.15) is 0 Å². The largest absolute Gasteiger partial charge is 0.502 e. The lowest BCUT2D eigenvalue weighted by atomic mass is 10.1. The number of fused-ring (bicyclic) bond motifs is 1. The zero-order valence-corrected chi connectivity index (χ0v) is 18.6. The van der Waals surface area contributed by atoms with E-state index in [1.54, 1.807) is 6.92 Å². The van der Waals surface area contributed by atoms with Gasteiger partial charge in [-0.3, -0.25) is 18.4 Å². The predicted octanol–water partition coefficient (Wildman–Crippen LogP) is -0.780. The Morgan fingerprint density at radius 3 is 2.88 bits per heavy atom. The molecule has 0 aromatic carbocycles. The van der Waals surface area contributed by atoms with Crippen LogP contribution in [0.15, 0.2) is 25.0 Å². The Morgan fingerprint density at radius 2 is 2.18 bits per heavy atom. The molecular formula is C17H25N6O9P. The summed E-state index contributed by atoms with van der Waals surface area (Å²) in [5, 5.41) is 10.9. The minimum Gasteiger partial charge on any atom is -0.502 e. The van der Waals surface area contributed by atoms with Crippen LogP contribution in [-0.4, -0.2) is 80.2 Å². The summed E-state index contributed by atoms with van der Waals surface area (Å²) in [6.45, 7) is 1.58. The number of ether oxygens (including phenoxy) is 3. The van der Waals surface area contributed by atoms with Crippen LogP contribution in [0.2, 0.25) is 0 Å². The maximum Gasteiger partial charge on any atom is 0.472 e. The van der Waals surface area contributed by atoms with E-state index in [0.29, 0.717) is 6.61 Å². The van der Waals surface area contributed by atoms with E-state index in [2.05, 4.69) is 19.5 Å². The molecule has 15 nitrogen and oxygen atoms in total. The highest BCUT2D eigenvalue weighted by molar-refractivity contribution is 7.47. The first kappa shape index (κ1) is 25.0. The van der Waals surface area contributed by atoms with Gasteiger partial charge in [0.1, 0.15) is 30.1 Å². The van der Waals surface area contributed by atoms with E-state index in [0.717, 1.165) is 7.11 Å². The first-order valence-electron chi connectivity index (χ1n) is 9.72. The molecule has 1 fully saturated rings. The standard InChI is InChI=1S/C17H25N6O9P/c1-3-29-5-4-9(18)17(25)32-13-10(6-30-33(26,27)28-2)31-16(12(13)24)23-8-22-11-14(19)20-7-21-15(11)23/h4-5,7-10,12-13,16,24H,3,6,18H2,1-2H3,(H,26,27)(H2,19,20,21)/b5-4+/t9-,10+,12?,13-,16+/m0/s1. The molecule has 0 aliphatic carbocycles. The van der Waals surface area contributed by atoms with Crippen molar-refractivity contribution in [1.29, 1.82) is 0 Å². The topological polar surface area (TPSA) is 216 Å². The minimum absolute atomic E-state index is 0.113. The molecule has 6 atom stereocenters. The van der Waals surface area contributed by atoms with Crippen LogP contribution in [0.5, 0.6) is 0 Å². The van der Waals surface area contributed by atoms with Crippen molar-refractivity contribution < 1.29 is 42.6 Å². The first-order chi connectivity index (χ1) is 15.7. The third-order valence-corrected chi connectivity index (χ3v) is 5.61. The highest BCUT2D eigenvalue weighted by atomic mass is 31.2.